The maximum Gasteiger partial charge on any atom is 0.135 e. The van der Waals surface area contributed by atoms with E-state index in [1.807, 2.05) is 12.1 Å². The molecule has 67 heavy (non-hydrogen) atoms. The first-order valence-corrected chi connectivity index (χ1v) is 23.0. The molecule has 312 valence electrons. The maximum atomic E-state index is 6.99. The van der Waals surface area contributed by atoms with Crippen LogP contribution in [-0.2, 0) is 5.41 Å². The lowest BCUT2D eigenvalue weighted by Crippen LogP contribution is -2.36. The van der Waals surface area contributed by atoms with Crippen molar-refractivity contribution in [1.82, 2.24) is 4.57 Å². The summed E-state index contributed by atoms with van der Waals surface area (Å²) in [4.78, 5) is 2.42. The SMILES string of the molecule is c1ccc2c(c1)Oc1ccc(N(c3ccc4oc5ccccc5c4c3)c3ccc4c(c3)c3ccccc3n4-c3cccc4ccccc34)cc1C21c2ccccc2-c2cccc3cccc1c23. The van der Waals surface area contributed by atoms with Crippen molar-refractivity contribution in [3.8, 4) is 28.3 Å². The molecule has 3 heterocycles. The van der Waals surface area contributed by atoms with Gasteiger partial charge in [-0.3, -0.25) is 0 Å². The third kappa shape index (κ3) is 4.96. The molecule has 1 aliphatic carbocycles. The minimum atomic E-state index is -0.684. The summed E-state index contributed by atoms with van der Waals surface area (Å²) in [7, 11) is 0. The molecule has 0 bridgehead atoms. The number of fused-ring (bicyclic) bond motifs is 15. The van der Waals surface area contributed by atoms with Gasteiger partial charge in [-0.15, -0.1) is 0 Å². The second-order valence-electron chi connectivity index (χ2n) is 17.9. The molecule has 0 amide bonds. The van der Waals surface area contributed by atoms with Crippen molar-refractivity contribution < 1.29 is 9.15 Å². The van der Waals surface area contributed by atoms with Gasteiger partial charge in [-0.2, -0.15) is 0 Å². The van der Waals surface area contributed by atoms with Crippen LogP contribution in [-0.4, -0.2) is 4.57 Å². The third-order valence-corrected chi connectivity index (χ3v) is 14.6. The minimum absolute atomic E-state index is 0.684. The van der Waals surface area contributed by atoms with Gasteiger partial charge < -0.3 is 18.6 Å². The van der Waals surface area contributed by atoms with E-state index in [1.54, 1.807) is 0 Å². The van der Waals surface area contributed by atoms with Crippen LogP contribution in [0.1, 0.15) is 22.3 Å². The highest BCUT2D eigenvalue weighted by molar-refractivity contribution is 6.13. The lowest BCUT2D eigenvalue weighted by Gasteiger charge is -2.45. The van der Waals surface area contributed by atoms with Gasteiger partial charge in [0.15, 0.2) is 0 Å². The number of benzene rings is 11. The van der Waals surface area contributed by atoms with Crippen LogP contribution in [0.2, 0.25) is 0 Å². The average molecular weight is 855 g/mol. The molecule has 0 fully saturated rings. The lowest BCUT2D eigenvalue weighted by molar-refractivity contribution is 0.435. The second kappa shape index (κ2) is 13.6. The van der Waals surface area contributed by atoms with Crippen molar-refractivity contribution >= 4 is 82.4 Å². The Morgan fingerprint density at radius 2 is 0.955 bits per heavy atom. The van der Waals surface area contributed by atoms with Gasteiger partial charge in [0.2, 0.25) is 0 Å². The van der Waals surface area contributed by atoms with E-state index in [0.717, 1.165) is 72.8 Å². The summed E-state index contributed by atoms with van der Waals surface area (Å²) < 4.78 is 15.8. The van der Waals surface area contributed by atoms with Crippen LogP contribution < -0.4 is 9.64 Å². The molecule has 2 aliphatic rings. The number of anilines is 3. The van der Waals surface area contributed by atoms with E-state index >= 15 is 0 Å². The summed E-state index contributed by atoms with van der Waals surface area (Å²) in [5.74, 6) is 1.72. The van der Waals surface area contributed by atoms with Crippen LogP contribution >= 0.6 is 0 Å². The highest BCUT2D eigenvalue weighted by Gasteiger charge is 2.49. The number of rotatable bonds is 4. The first-order chi connectivity index (χ1) is 33.2. The molecule has 1 unspecified atom stereocenters. The molecule has 15 rings (SSSR count). The van der Waals surface area contributed by atoms with Crippen LogP contribution in [0.3, 0.4) is 0 Å². The van der Waals surface area contributed by atoms with Gasteiger partial charge in [0.1, 0.15) is 22.7 Å². The highest BCUT2D eigenvalue weighted by Crippen LogP contribution is 2.62. The summed E-state index contributed by atoms with van der Waals surface area (Å²) in [5, 5.41) is 9.47. The Morgan fingerprint density at radius 1 is 0.358 bits per heavy atom. The van der Waals surface area contributed by atoms with Crippen molar-refractivity contribution in [2.45, 2.75) is 5.41 Å². The number of para-hydroxylation sites is 3. The summed E-state index contributed by atoms with van der Waals surface area (Å²) in [6.07, 6.45) is 0. The molecule has 2 aromatic heterocycles. The van der Waals surface area contributed by atoms with Crippen LogP contribution in [0.5, 0.6) is 11.5 Å². The normalized spacial score (nSPS) is 14.7. The van der Waals surface area contributed by atoms with Gasteiger partial charge in [0.05, 0.1) is 22.1 Å². The molecule has 1 atom stereocenters. The first-order valence-electron chi connectivity index (χ1n) is 23.0. The van der Waals surface area contributed by atoms with Crippen molar-refractivity contribution in [3.63, 3.8) is 0 Å². The van der Waals surface area contributed by atoms with Crippen molar-refractivity contribution in [3.05, 3.63) is 253 Å². The highest BCUT2D eigenvalue weighted by atomic mass is 16.5. The summed E-state index contributed by atoms with van der Waals surface area (Å²) in [6.45, 7) is 0. The molecule has 11 aromatic carbocycles. The Kier molecular flexibility index (Phi) is 7.40. The second-order valence-corrected chi connectivity index (χ2v) is 17.9. The van der Waals surface area contributed by atoms with Crippen molar-refractivity contribution in [2.24, 2.45) is 0 Å². The summed E-state index contributed by atoms with van der Waals surface area (Å²) in [6, 6.07) is 83.9. The molecule has 1 spiro atoms. The molecule has 0 saturated carbocycles. The fourth-order valence-corrected chi connectivity index (χ4v) is 11.9. The van der Waals surface area contributed by atoms with E-state index < -0.39 is 5.41 Å². The third-order valence-electron chi connectivity index (χ3n) is 14.6. The smallest absolute Gasteiger partial charge is 0.135 e. The fourth-order valence-electron chi connectivity index (χ4n) is 11.9. The summed E-state index contributed by atoms with van der Waals surface area (Å²) >= 11 is 0. The van der Waals surface area contributed by atoms with Crippen LogP contribution in [0.25, 0.3) is 82.1 Å². The van der Waals surface area contributed by atoms with Crippen molar-refractivity contribution in [2.75, 3.05) is 4.90 Å². The minimum Gasteiger partial charge on any atom is -0.457 e. The largest absolute Gasteiger partial charge is 0.457 e. The van der Waals surface area contributed by atoms with Gasteiger partial charge in [0.25, 0.3) is 0 Å². The van der Waals surface area contributed by atoms with E-state index in [1.165, 1.54) is 60.1 Å². The van der Waals surface area contributed by atoms with E-state index in [-0.39, 0.29) is 0 Å². The zero-order valence-corrected chi connectivity index (χ0v) is 36.2. The first kappa shape index (κ1) is 36.5. The average Bonchev–Trinajstić information content (AvgIpc) is 3.93. The van der Waals surface area contributed by atoms with Crippen LogP contribution in [0.15, 0.2) is 235 Å². The molecule has 0 radical (unpaired) electrons. The molecule has 1 aliphatic heterocycles. The van der Waals surface area contributed by atoms with Gasteiger partial charge in [-0.1, -0.05) is 152 Å². The number of hydrogen-bond donors (Lipinski definition) is 0. The summed E-state index contributed by atoms with van der Waals surface area (Å²) in [5.41, 5.74) is 14.9. The number of ether oxygens (including phenoxy) is 1. The zero-order valence-electron chi connectivity index (χ0n) is 36.2. The Labute approximate surface area is 385 Å². The maximum absolute atomic E-state index is 6.99. The standard InChI is InChI=1S/C63H38N2O2/c1-2-18-44-39(14-1)15-13-27-55(44)65-56-26-8-4-20-46(56)49-36-41(30-33-57(49)65)64(42-31-34-59-50(37-42)47-21-5-9-28-58(47)66-59)43-32-35-61-54(38-43)63(52-24-7-10-29-60(52)67-61)51-23-6-3-19-45(51)48-22-11-16-40-17-12-25-53(63)62(40)48/h1-38H. The van der Waals surface area contributed by atoms with E-state index in [2.05, 4.69) is 228 Å². The molecule has 4 heteroatoms. The van der Waals surface area contributed by atoms with Crippen LogP contribution in [0, 0.1) is 0 Å². The topological polar surface area (TPSA) is 30.5 Å². The van der Waals surface area contributed by atoms with Gasteiger partial charge in [-0.25, -0.2) is 0 Å². The predicted octanol–water partition coefficient (Wildman–Crippen LogP) is 16.9. The van der Waals surface area contributed by atoms with E-state index in [4.69, 9.17) is 9.15 Å². The van der Waals surface area contributed by atoms with Gasteiger partial charge >= 0.3 is 0 Å². The van der Waals surface area contributed by atoms with E-state index in [0.29, 0.717) is 0 Å². The quantitative estimate of drug-likeness (QED) is 0.177. The van der Waals surface area contributed by atoms with E-state index in [9.17, 15) is 0 Å². The fraction of sp³-hybridized carbons (Fsp3) is 0.0159. The lowest BCUT2D eigenvalue weighted by atomic mass is 9.58. The molecule has 4 nitrogen and oxygen atoms in total. The Morgan fingerprint density at radius 3 is 1.88 bits per heavy atom. The molecule has 0 saturated heterocycles. The number of aromatic nitrogens is 1. The monoisotopic (exact) mass is 854 g/mol. The van der Waals surface area contributed by atoms with Crippen LogP contribution in [0.4, 0.5) is 17.1 Å². The van der Waals surface area contributed by atoms with Gasteiger partial charge in [0, 0.05) is 55.1 Å². The number of hydrogen-bond acceptors (Lipinski definition) is 3. The molecular formula is C63H38N2O2. The predicted molar refractivity (Wildman–Crippen MR) is 275 cm³/mol. The number of furan rings is 1. The zero-order chi connectivity index (χ0) is 43.8. The Balaban J connectivity index is 1.02. The van der Waals surface area contributed by atoms with Gasteiger partial charge in [-0.05, 0) is 117 Å². The van der Waals surface area contributed by atoms with Crippen molar-refractivity contribution in [1.29, 1.82) is 0 Å². The Hall–Kier alpha value is -8.86. The molecule has 0 N–H and O–H groups in total. The number of nitrogens with zero attached hydrogens (tertiary/aromatic N) is 2. The molecular weight excluding hydrogens is 817 g/mol. The Bertz CT molecular complexity index is 4220. The molecule has 13 aromatic rings.